The second-order valence-corrected chi connectivity index (χ2v) is 10.7. The SMILES string of the molecule is CC[C@H]1COCCN1C(=O)/C=C/c1c(C)[nH]n2c(=O)c(C(=O)NC3CC3)c(O)[n+](CC(C)(C)C)c12. The molecule has 4 rings (SSSR count). The van der Waals surface area contributed by atoms with Gasteiger partial charge in [-0.05, 0) is 37.7 Å². The minimum Gasteiger partial charge on any atom is -0.477 e. The number of morpholine rings is 1. The van der Waals surface area contributed by atoms with Crippen molar-refractivity contribution in [2.75, 3.05) is 19.8 Å². The van der Waals surface area contributed by atoms with Gasteiger partial charge in [0, 0.05) is 18.7 Å². The first-order valence-corrected chi connectivity index (χ1v) is 12.3. The molecule has 0 aromatic carbocycles. The molecule has 0 radical (unpaired) electrons. The van der Waals surface area contributed by atoms with Gasteiger partial charge in [0.15, 0.2) is 0 Å². The first-order valence-electron chi connectivity index (χ1n) is 12.3. The van der Waals surface area contributed by atoms with Crippen LogP contribution in [0.1, 0.15) is 68.6 Å². The summed E-state index contributed by atoms with van der Waals surface area (Å²) >= 11 is 0. The van der Waals surface area contributed by atoms with Crippen LogP contribution in [0.5, 0.6) is 5.88 Å². The van der Waals surface area contributed by atoms with Crippen molar-refractivity contribution in [3.8, 4) is 5.88 Å². The number of H-pyrrole nitrogens is 1. The summed E-state index contributed by atoms with van der Waals surface area (Å²) in [6, 6.07) is 0.0649. The van der Waals surface area contributed by atoms with Crippen LogP contribution in [-0.2, 0) is 16.1 Å². The average Bonchev–Trinajstić information content (AvgIpc) is 3.54. The molecule has 2 aromatic rings. The van der Waals surface area contributed by atoms with Gasteiger partial charge >= 0.3 is 17.1 Å². The Kier molecular flexibility index (Phi) is 6.77. The molecule has 2 aromatic heterocycles. The number of rotatable bonds is 6. The lowest BCUT2D eigenvalue weighted by Crippen LogP contribution is -2.48. The molecule has 1 saturated carbocycles. The fourth-order valence-corrected chi connectivity index (χ4v) is 4.47. The van der Waals surface area contributed by atoms with Crippen LogP contribution in [-0.4, -0.2) is 63.3 Å². The standard InChI is InChI=1S/C25H35N5O5/c1-6-17-13-35-12-11-28(17)19(31)10-9-18-15(2)27-30-22(18)29(14-25(3,4)5)23(33)20(24(30)34)21(32)26-16-7-8-16/h9-10,16-17H,6-8,11-14H2,1-5H3,(H2,26,32,33,34)/p+1/b10-9+/t17-/m0/s1. The van der Waals surface area contributed by atoms with Gasteiger partial charge in [0.05, 0.1) is 37.1 Å². The molecule has 0 bridgehead atoms. The molecule has 3 N–H and O–H groups in total. The Bertz CT molecular complexity index is 1230. The van der Waals surface area contributed by atoms with Gasteiger partial charge in [0.2, 0.25) is 11.5 Å². The smallest absolute Gasteiger partial charge is 0.378 e. The van der Waals surface area contributed by atoms with Crippen LogP contribution in [0.15, 0.2) is 10.9 Å². The van der Waals surface area contributed by atoms with Crippen molar-refractivity contribution in [2.24, 2.45) is 5.41 Å². The summed E-state index contributed by atoms with van der Waals surface area (Å²) in [5, 5.41) is 17.0. The van der Waals surface area contributed by atoms with Crippen LogP contribution in [0.2, 0.25) is 0 Å². The Labute approximate surface area is 204 Å². The van der Waals surface area contributed by atoms with Crippen molar-refractivity contribution < 1.29 is 24.0 Å². The van der Waals surface area contributed by atoms with E-state index in [1.54, 1.807) is 22.5 Å². The van der Waals surface area contributed by atoms with Crippen LogP contribution in [0, 0.1) is 12.3 Å². The number of ether oxygens (including phenoxy) is 1. The first kappa shape index (κ1) is 25.0. The number of aromatic nitrogens is 3. The molecule has 1 saturated heterocycles. The van der Waals surface area contributed by atoms with E-state index >= 15 is 0 Å². The van der Waals surface area contributed by atoms with E-state index in [-0.39, 0.29) is 34.8 Å². The molecule has 2 fully saturated rings. The molecule has 2 amide bonds. The third-order valence-electron chi connectivity index (χ3n) is 6.43. The van der Waals surface area contributed by atoms with Crippen molar-refractivity contribution in [1.82, 2.24) is 19.8 Å². The van der Waals surface area contributed by atoms with Crippen LogP contribution < -0.4 is 15.4 Å². The van der Waals surface area contributed by atoms with Crippen molar-refractivity contribution in [1.29, 1.82) is 0 Å². The second kappa shape index (κ2) is 9.49. The molecule has 10 heteroatoms. The Balaban J connectivity index is 1.81. The topological polar surface area (TPSA) is 120 Å². The number of fused-ring (bicyclic) bond motifs is 1. The van der Waals surface area contributed by atoms with Crippen LogP contribution >= 0.6 is 0 Å². The Morgan fingerprint density at radius 1 is 1.31 bits per heavy atom. The largest absolute Gasteiger partial charge is 0.477 e. The molecule has 3 heterocycles. The molecule has 190 valence electrons. The maximum atomic E-state index is 13.3. The summed E-state index contributed by atoms with van der Waals surface area (Å²) in [5.41, 5.74) is 0.460. The fourth-order valence-electron chi connectivity index (χ4n) is 4.47. The summed E-state index contributed by atoms with van der Waals surface area (Å²) in [6.07, 6.45) is 5.70. The molecular formula is C25H36N5O5+. The van der Waals surface area contributed by atoms with Crippen molar-refractivity contribution in [3.63, 3.8) is 0 Å². The predicted molar refractivity (Wildman–Crippen MR) is 130 cm³/mol. The van der Waals surface area contributed by atoms with Crippen LogP contribution in [0.25, 0.3) is 11.7 Å². The van der Waals surface area contributed by atoms with E-state index in [1.807, 2.05) is 27.7 Å². The summed E-state index contributed by atoms with van der Waals surface area (Å²) in [7, 11) is 0. The quantitative estimate of drug-likeness (QED) is 0.422. The monoisotopic (exact) mass is 486 g/mol. The van der Waals surface area contributed by atoms with Gasteiger partial charge in [-0.15, -0.1) is 0 Å². The number of nitrogens with one attached hydrogen (secondary N) is 2. The predicted octanol–water partition coefficient (Wildman–Crippen LogP) is 1.52. The number of amides is 2. The minimum atomic E-state index is -0.630. The number of aryl methyl sites for hydroxylation is 1. The molecule has 0 unspecified atom stereocenters. The van der Waals surface area contributed by atoms with E-state index in [0.717, 1.165) is 19.3 Å². The number of hydrogen-bond acceptors (Lipinski definition) is 5. The molecule has 1 atom stereocenters. The highest BCUT2D eigenvalue weighted by atomic mass is 16.5. The van der Waals surface area contributed by atoms with Crippen LogP contribution in [0.4, 0.5) is 0 Å². The third-order valence-corrected chi connectivity index (χ3v) is 6.43. The lowest BCUT2D eigenvalue weighted by Gasteiger charge is -2.34. The molecular weight excluding hydrogens is 450 g/mol. The zero-order valence-corrected chi connectivity index (χ0v) is 21.2. The Morgan fingerprint density at radius 2 is 2.03 bits per heavy atom. The second-order valence-electron chi connectivity index (χ2n) is 10.7. The average molecular weight is 487 g/mol. The van der Waals surface area contributed by atoms with E-state index in [0.29, 0.717) is 43.2 Å². The highest BCUT2D eigenvalue weighted by Crippen LogP contribution is 2.23. The summed E-state index contributed by atoms with van der Waals surface area (Å²) in [5.74, 6) is -1.08. The lowest BCUT2D eigenvalue weighted by molar-refractivity contribution is -0.692. The van der Waals surface area contributed by atoms with Crippen molar-refractivity contribution >= 4 is 23.5 Å². The number of nitrogens with zero attached hydrogens (tertiary/aromatic N) is 3. The maximum absolute atomic E-state index is 13.3. The third kappa shape index (κ3) is 5.12. The van der Waals surface area contributed by atoms with Gasteiger partial charge in [-0.25, -0.2) is 9.89 Å². The summed E-state index contributed by atoms with van der Waals surface area (Å²) in [6.45, 7) is 11.7. The van der Waals surface area contributed by atoms with E-state index in [1.165, 1.54) is 10.6 Å². The fraction of sp³-hybridized carbons (Fsp3) is 0.600. The van der Waals surface area contributed by atoms with Gasteiger partial charge in [-0.3, -0.25) is 9.59 Å². The minimum absolute atomic E-state index is 0.0231. The molecule has 35 heavy (non-hydrogen) atoms. The molecule has 2 aliphatic rings. The number of aromatic hydroxyl groups is 1. The normalized spacial score (nSPS) is 19.0. The zero-order chi connectivity index (χ0) is 25.5. The number of carbonyl (C=O) groups is 2. The lowest BCUT2D eigenvalue weighted by atomic mass is 9.96. The summed E-state index contributed by atoms with van der Waals surface area (Å²) in [4.78, 5) is 41.0. The van der Waals surface area contributed by atoms with E-state index in [9.17, 15) is 19.5 Å². The Hall–Kier alpha value is -3.14. The Morgan fingerprint density at radius 3 is 2.66 bits per heavy atom. The number of carbonyl (C=O) groups excluding carboxylic acids is 2. The van der Waals surface area contributed by atoms with Crippen molar-refractivity contribution in [3.05, 3.63) is 33.3 Å². The van der Waals surface area contributed by atoms with Gasteiger partial charge in [-0.2, -0.15) is 4.57 Å². The molecule has 1 aliphatic carbocycles. The molecule has 0 spiro atoms. The van der Waals surface area contributed by atoms with Gasteiger partial charge in [-0.1, -0.05) is 32.2 Å². The van der Waals surface area contributed by atoms with Gasteiger partial charge < -0.3 is 20.1 Å². The van der Waals surface area contributed by atoms with Crippen LogP contribution in [0.3, 0.4) is 0 Å². The highest BCUT2D eigenvalue weighted by molar-refractivity contribution is 5.96. The number of hydrogen-bond donors (Lipinski definition) is 3. The first-order chi connectivity index (χ1) is 16.5. The molecule has 1 aliphatic heterocycles. The highest BCUT2D eigenvalue weighted by Gasteiger charge is 2.36. The van der Waals surface area contributed by atoms with E-state index in [2.05, 4.69) is 10.4 Å². The zero-order valence-electron chi connectivity index (χ0n) is 21.2. The van der Waals surface area contributed by atoms with E-state index in [4.69, 9.17) is 4.74 Å². The molecule has 10 nitrogen and oxygen atoms in total. The van der Waals surface area contributed by atoms with E-state index < -0.39 is 11.5 Å². The van der Waals surface area contributed by atoms with Gasteiger partial charge in [0.25, 0.3) is 5.91 Å². The van der Waals surface area contributed by atoms with Crippen molar-refractivity contribution in [2.45, 2.75) is 72.5 Å². The van der Waals surface area contributed by atoms with Gasteiger partial charge in [0.1, 0.15) is 0 Å². The number of aromatic amines is 1. The maximum Gasteiger partial charge on any atom is 0.378 e. The summed E-state index contributed by atoms with van der Waals surface area (Å²) < 4.78 is 8.37.